The van der Waals surface area contributed by atoms with Crippen molar-refractivity contribution in [1.29, 1.82) is 5.26 Å². The highest BCUT2D eigenvalue weighted by Crippen LogP contribution is 2.28. The molecular formula is C15H17ClN4. The van der Waals surface area contributed by atoms with Gasteiger partial charge >= 0.3 is 0 Å². The lowest BCUT2D eigenvalue weighted by Gasteiger charge is -2.15. The third kappa shape index (κ3) is 2.78. The van der Waals surface area contributed by atoms with Crippen molar-refractivity contribution in [3.05, 3.63) is 46.1 Å². The summed E-state index contributed by atoms with van der Waals surface area (Å²) in [5.74, 6) is 0.410. The predicted octanol–water partition coefficient (Wildman–Crippen LogP) is 3.34. The van der Waals surface area contributed by atoms with Gasteiger partial charge in [-0.2, -0.15) is 10.4 Å². The first kappa shape index (κ1) is 14.4. The van der Waals surface area contributed by atoms with Gasteiger partial charge in [0, 0.05) is 10.4 Å². The molecule has 1 aromatic heterocycles. The van der Waals surface area contributed by atoms with E-state index >= 15 is 0 Å². The molecule has 4 nitrogen and oxygen atoms in total. The number of halogens is 1. The number of nitriles is 1. The first-order valence-corrected chi connectivity index (χ1v) is 6.72. The Labute approximate surface area is 123 Å². The molecule has 20 heavy (non-hydrogen) atoms. The van der Waals surface area contributed by atoms with Gasteiger partial charge in [0.15, 0.2) is 0 Å². The maximum atomic E-state index is 9.28. The van der Waals surface area contributed by atoms with Crippen molar-refractivity contribution in [3.8, 4) is 6.07 Å². The topological polar surface area (TPSA) is 67.6 Å². The number of anilines is 1. The van der Waals surface area contributed by atoms with E-state index in [-0.39, 0.29) is 5.41 Å². The number of nitrogens with two attached hydrogens (primary N) is 1. The second kappa shape index (κ2) is 5.18. The number of benzene rings is 1. The molecule has 0 unspecified atom stereocenters. The quantitative estimate of drug-likeness (QED) is 0.921. The molecule has 0 saturated heterocycles. The Balaban J connectivity index is 2.41. The summed E-state index contributed by atoms with van der Waals surface area (Å²) in [5, 5.41) is 14.5. The molecule has 2 N–H and O–H groups in total. The van der Waals surface area contributed by atoms with Gasteiger partial charge in [0.25, 0.3) is 0 Å². The first-order valence-electron chi connectivity index (χ1n) is 6.34. The van der Waals surface area contributed by atoms with E-state index in [2.05, 4.69) is 11.2 Å². The molecule has 2 aromatic rings. The van der Waals surface area contributed by atoms with Crippen LogP contribution in [0.5, 0.6) is 0 Å². The SMILES string of the molecule is CC(C)(C)c1nn(Cc2ccc(Cl)cc2)c(N)c1C#N. The second-order valence-corrected chi connectivity index (χ2v) is 6.19. The van der Waals surface area contributed by atoms with E-state index in [0.29, 0.717) is 22.9 Å². The van der Waals surface area contributed by atoms with Crippen LogP contribution < -0.4 is 5.73 Å². The third-order valence-electron chi connectivity index (χ3n) is 3.06. The summed E-state index contributed by atoms with van der Waals surface area (Å²) in [4.78, 5) is 0. The van der Waals surface area contributed by atoms with E-state index in [9.17, 15) is 5.26 Å². The highest BCUT2D eigenvalue weighted by Gasteiger charge is 2.25. The molecule has 0 saturated carbocycles. The van der Waals surface area contributed by atoms with Crippen LogP contribution in [0.2, 0.25) is 5.02 Å². The van der Waals surface area contributed by atoms with E-state index in [1.807, 2.05) is 45.0 Å². The summed E-state index contributed by atoms with van der Waals surface area (Å²) in [6.45, 7) is 6.57. The fourth-order valence-electron chi connectivity index (χ4n) is 1.99. The number of rotatable bonds is 2. The smallest absolute Gasteiger partial charge is 0.140 e. The summed E-state index contributed by atoms with van der Waals surface area (Å²) in [6, 6.07) is 9.65. The Hall–Kier alpha value is -1.99. The van der Waals surface area contributed by atoms with Gasteiger partial charge < -0.3 is 5.73 Å². The summed E-state index contributed by atoms with van der Waals surface area (Å²) < 4.78 is 1.67. The molecule has 0 aliphatic heterocycles. The van der Waals surface area contributed by atoms with Crippen molar-refractivity contribution in [2.24, 2.45) is 0 Å². The van der Waals surface area contributed by atoms with Crippen LogP contribution in [0.1, 0.15) is 37.6 Å². The lowest BCUT2D eigenvalue weighted by atomic mass is 9.90. The van der Waals surface area contributed by atoms with Crippen molar-refractivity contribution in [3.63, 3.8) is 0 Å². The largest absolute Gasteiger partial charge is 0.383 e. The van der Waals surface area contributed by atoms with E-state index < -0.39 is 0 Å². The van der Waals surface area contributed by atoms with Crippen LogP contribution in [0, 0.1) is 11.3 Å². The fourth-order valence-corrected chi connectivity index (χ4v) is 2.12. The van der Waals surface area contributed by atoms with Crippen LogP contribution in [0.4, 0.5) is 5.82 Å². The van der Waals surface area contributed by atoms with Crippen molar-refractivity contribution < 1.29 is 0 Å². The zero-order chi connectivity index (χ0) is 14.9. The highest BCUT2D eigenvalue weighted by atomic mass is 35.5. The van der Waals surface area contributed by atoms with Crippen LogP contribution in [-0.4, -0.2) is 9.78 Å². The average molecular weight is 289 g/mol. The van der Waals surface area contributed by atoms with Gasteiger partial charge in [0.1, 0.15) is 17.5 Å². The molecule has 0 bridgehead atoms. The molecule has 0 atom stereocenters. The van der Waals surface area contributed by atoms with Crippen LogP contribution in [0.25, 0.3) is 0 Å². The molecule has 0 aliphatic rings. The molecule has 2 rings (SSSR count). The van der Waals surface area contributed by atoms with Crippen molar-refractivity contribution >= 4 is 17.4 Å². The number of hydrogen-bond donors (Lipinski definition) is 1. The lowest BCUT2D eigenvalue weighted by molar-refractivity contribution is 0.545. The van der Waals surface area contributed by atoms with E-state index in [0.717, 1.165) is 11.3 Å². The zero-order valence-electron chi connectivity index (χ0n) is 11.8. The van der Waals surface area contributed by atoms with Crippen molar-refractivity contribution in [2.45, 2.75) is 32.7 Å². The molecular weight excluding hydrogens is 272 g/mol. The fraction of sp³-hybridized carbons (Fsp3) is 0.333. The predicted molar refractivity (Wildman–Crippen MR) is 80.6 cm³/mol. The summed E-state index contributed by atoms with van der Waals surface area (Å²) >= 11 is 5.87. The zero-order valence-corrected chi connectivity index (χ0v) is 12.6. The van der Waals surface area contributed by atoms with E-state index in [1.165, 1.54) is 0 Å². The molecule has 1 aromatic carbocycles. The van der Waals surface area contributed by atoms with E-state index in [1.54, 1.807) is 4.68 Å². The molecule has 0 amide bonds. The van der Waals surface area contributed by atoms with Gasteiger partial charge in [-0.05, 0) is 17.7 Å². The van der Waals surface area contributed by atoms with Crippen molar-refractivity contribution in [2.75, 3.05) is 5.73 Å². The molecule has 5 heteroatoms. The standard InChI is InChI=1S/C15H17ClN4/c1-15(2,3)13-12(8-17)14(18)20(19-13)9-10-4-6-11(16)7-5-10/h4-7H,9,18H2,1-3H3. The molecule has 104 valence electrons. The minimum absolute atomic E-state index is 0.218. The minimum Gasteiger partial charge on any atom is -0.383 e. The van der Waals surface area contributed by atoms with Gasteiger partial charge in [-0.1, -0.05) is 44.5 Å². The summed E-state index contributed by atoms with van der Waals surface area (Å²) in [6.07, 6.45) is 0. The Morgan fingerprint density at radius 1 is 1.30 bits per heavy atom. The summed E-state index contributed by atoms with van der Waals surface area (Å²) in [7, 11) is 0. The van der Waals surface area contributed by atoms with Gasteiger partial charge in [0.05, 0.1) is 12.2 Å². The molecule has 0 aliphatic carbocycles. The van der Waals surface area contributed by atoms with Gasteiger partial charge in [-0.3, -0.25) is 0 Å². The van der Waals surface area contributed by atoms with Crippen molar-refractivity contribution in [1.82, 2.24) is 9.78 Å². The molecule has 0 fully saturated rings. The Morgan fingerprint density at radius 2 is 1.90 bits per heavy atom. The second-order valence-electron chi connectivity index (χ2n) is 5.75. The van der Waals surface area contributed by atoms with Crippen LogP contribution >= 0.6 is 11.6 Å². The highest BCUT2D eigenvalue weighted by molar-refractivity contribution is 6.30. The number of hydrogen-bond acceptors (Lipinski definition) is 3. The molecule has 1 heterocycles. The maximum absolute atomic E-state index is 9.28. The Bertz CT molecular complexity index is 657. The van der Waals surface area contributed by atoms with Gasteiger partial charge in [-0.15, -0.1) is 0 Å². The number of nitrogen functional groups attached to an aromatic ring is 1. The van der Waals surface area contributed by atoms with E-state index in [4.69, 9.17) is 17.3 Å². The summed E-state index contributed by atoms with van der Waals surface area (Å²) in [5.41, 5.74) is 8.05. The normalized spacial score (nSPS) is 11.3. The van der Waals surface area contributed by atoms with Gasteiger partial charge in [0.2, 0.25) is 0 Å². The number of aromatic nitrogens is 2. The van der Waals surface area contributed by atoms with Gasteiger partial charge in [-0.25, -0.2) is 4.68 Å². The van der Waals surface area contributed by atoms with Crippen LogP contribution in [0.3, 0.4) is 0 Å². The third-order valence-corrected chi connectivity index (χ3v) is 3.31. The molecule has 0 spiro atoms. The molecule has 0 radical (unpaired) electrons. The average Bonchev–Trinajstić information content (AvgIpc) is 2.69. The lowest BCUT2D eigenvalue weighted by Crippen LogP contribution is -2.14. The Kier molecular flexibility index (Phi) is 3.74. The minimum atomic E-state index is -0.218. The van der Waals surface area contributed by atoms with Crippen LogP contribution in [0.15, 0.2) is 24.3 Å². The monoisotopic (exact) mass is 288 g/mol. The maximum Gasteiger partial charge on any atom is 0.140 e. The van der Waals surface area contributed by atoms with Crippen LogP contribution in [-0.2, 0) is 12.0 Å². The Morgan fingerprint density at radius 3 is 2.35 bits per heavy atom. The number of nitrogens with zero attached hydrogens (tertiary/aromatic N) is 3. The first-order chi connectivity index (χ1) is 9.32.